The molecule has 0 bridgehead atoms. The number of hydrogen-bond acceptors (Lipinski definition) is 5. The second-order valence-electron chi connectivity index (χ2n) is 7.23. The van der Waals surface area contributed by atoms with Crippen LogP contribution < -0.4 is 10.6 Å². The molecule has 1 saturated heterocycles. The summed E-state index contributed by atoms with van der Waals surface area (Å²) in [5.74, 6) is 0.209. The molecule has 3 rings (SSSR count). The van der Waals surface area contributed by atoms with E-state index in [0.29, 0.717) is 30.6 Å². The SMILES string of the molecule is CN=C(NCCS(=O)(=O)c1ccccc1)NCC(c1ccc(F)cc1)N1CCOCC1.I. The molecule has 0 spiro atoms. The van der Waals surface area contributed by atoms with Crippen LogP contribution in [0.3, 0.4) is 0 Å². The van der Waals surface area contributed by atoms with Crippen molar-refractivity contribution in [2.45, 2.75) is 10.9 Å². The first kappa shape index (κ1) is 26.5. The molecule has 2 aromatic carbocycles. The third-order valence-corrected chi connectivity index (χ3v) is 6.93. The molecule has 10 heteroatoms. The van der Waals surface area contributed by atoms with Gasteiger partial charge in [-0.2, -0.15) is 0 Å². The normalized spacial score (nSPS) is 16.1. The van der Waals surface area contributed by atoms with Gasteiger partial charge in [-0.3, -0.25) is 9.89 Å². The lowest BCUT2D eigenvalue weighted by atomic mass is 10.0. The van der Waals surface area contributed by atoms with Crippen LogP contribution in [0.1, 0.15) is 11.6 Å². The van der Waals surface area contributed by atoms with E-state index in [1.54, 1.807) is 49.5 Å². The summed E-state index contributed by atoms with van der Waals surface area (Å²) in [5.41, 5.74) is 0.998. The number of nitrogens with zero attached hydrogens (tertiary/aromatic N) is 2. The van der Waals surface area contributed by atoms with Gasteiger partial charge >= 0.3 is 0 Å². The van der Waals surface area contributed by atoms with Gasteiger partial charge in [0.2, 0.25) is 0 Å². The van der Waals surface area contributed by atoms with E-state index in [0.717, 1.165) is 18.7 Å². The largest absolute Gasteiger partial charge is 0.379 e. The molecule has 32 heavy (non-hydrogen) atoms. The highest BCUT2D eigenvalue weighted by Crippen LogP contribution is 2.21. The zero-order valence-corrected chi connectivity index (χ0v) is 21.2. The van der Waals surface area contributed by atoms with Gasteiger partial charge in [0, 0.05) is 33.2 Å². The Labute approximate surface area is 206 Å². The number of rotatable bonds is 8. The van der Waals surface area contributed by atoms with E-state index in [9.17, 15) is 12.8 Å². The average molecular weight is 576 g/mol. The van der Waals surface area contributed by atoms with Crippen molar-refractivity contribution in [3.05, 3.63) is 66.0 Å². The molecule has 1 heterocycles. The quantitative estimate of drug-likeness (QED) is 0.286. The lowest BCUT2D eigenvalue weighted by Gasteiger charge is -2.35. The number of benzene rings is 2. The van der Waals surface area contributed by atoms with Crippen molar-refractivity contribution in [2.75, 3.05) is 52.2 Å². The Balaban J connectivity index is 0.00000363. The molecule has 0 aromatic heterocycles. The molecule has 0 radical (unpaired) electrons. The maximum atomic E-state index is 13.4. The first-order chi connectivity index (χ1) is 15.0. The highest BCUT2D eigenvalue weighted by atomic mass is 127. The molecule has 0 saturated carbocycles. The molecule has 1 fully saturated rings. The number of sulfone groups is 1. The Hall–Kier alpha value is -1.76. The van der Waals surface area contributed by atoms with Crippen molar-refractivity contribution in [1.82, 2.24) is 15.5 Å². The van der Waals surface area contributed by atoms with Gasteiger partial charge in [-0.25, -0.2) is 12.8 Å². The van der Waals surface area contributed by atoms with Gasteiger partial charge in [0.15, 0.2) is 15.8 Å². The predicted molar refractivity (Wildman–Crippen MR) is 135 cm³/mol. The van der Waals surface area contributed by atoms with E-state index in [-0.39, 0.29) is 48.1 Å². The third-order valence-electron chi connectivity index (χ3n) is 5.19. The van der Waals surface area contributed by atoms with Crippen LogP contribution in [0.5, 0.6) is 0 Å². The monoisotopic (exact) mass is 576 g/mol. The highest BCUT2D eigenvalue weighted by Gasteiger charge is 2.23. The summed E-state index contributed by atoms with van der Waals surface area (Å²) in [6.07, 6.45) is 0. The third kappa shape index (κ3) is 7.68. The van der Waals surface area contributed by atoms with E-state index < -0.39 is 9.84 Å². The minimum atomic E-state index is -3.36. The fourth-order valence-electron chi connectivity index (χ4n) is 3.50. The van der Waals surface area contributed by atoms with Crippen molar-refractivity contribution in [3.8, 4) is 0 Å². The van der Waals surface area contributed by atoms with Crippen LogP contribution in [-0.2, 0) is 14.6 Å². The summed E-state index contributed by atoms with van der Waals surface area (Å²) >= 11 is 0. The predicted octanol–water partition coefficient (Wildman–Crippen LogP) is 2.46. The van der Waals surface area contributed by atoms with Crippen molar-refractivity contribution >= 4 is 39.8 Å². The van der Waals surface area contributed by atoms with E-state index in [1.165, 1.54) is 12.1 Å². The topological polar surface area (TPSA) is 83.0 Å². The maximum absolute atomic E-state index is 13.4. The van der Waals surface area contributed by atoms with Gasteiger partial charge in [-0.15, -0.1) is 24.0 Å². The van der Waals surface area contributed by atoms with E-state index in [2.05, 4.69) is 20.5 Å². The van der Waals surface area contributed by atoms with Crippen LogP contribution in [0.4, 0.5) is 4.39 Å². The minimum Gasteiger partial charge on any atom is -0.379 e. The van der Waals surface area contributed by atoms with E-state index in [1.807, 2.05) is 0 Å². The Morgan fingerprint density at radius 2 is 1.75 bits per heavy atom. The zero-order valence-electron chi connectivity index (χ0n) is 18.0. The number of ether oxygens (including phenoxy) is 1. The second kappa shape index (κ2) is 13.1. The van der Waals surface area contributed by atoms with Crippen LogP contribution in [0.25, 0.3) is 0 Å². The Morgan fingerprint density at radius 1 is 1.09 bits per heavy atom. The molecular formula is C22H30FIN4O3S. The van der Waals surface area contributed by atoms with E-state index >= 15 is 0 Å². The van der Waals surface area contributed by atoms with Crippen LogP contribution >= 0.6 is 24.0 Å². The number of aliphatic imine (C=N–C) groups is 1. The maximum Gasteiger partial charge on any atom is 0.191 e. The molecule has 1 aliphatic rings. The standard InChI is InChI=1S/C22H29FN4O3S.HI/c1-24-22(25-11-16-31(28,29)20-5-3-2-4-6-20)26-17-21(27-12-14-30-15-13-27)18-7-9-19(23)10-8-18;/h2-10,21H,11-17H2,1H3,(H2,24,25,26);1H. The van der Waals surface area contributed by atoms with Gasteiger partial charge < -0.3 is 15.4 Å². The van der Waals surface area contributed by atoms with Crippen molar-refractivity contribution < 1.29 is 17.5 Å². The molecule has 2 aromatic rings. The number of guanidine groups is 1. The summed E-state index contributed by atoms with van der Waals surface area (Å²) in [7, 11) is -1.72. The number of morpholine rings is 1. The van der Waals surface area contributed by atoms with Crippen LogP contribution in [0.2, 0.25) is 0 Å². The van der Waals surface area contributed by atoms with Crippen LogP contribution in [0.15, 0.2) is 64.5 Å². The molecule has 1 atom stereocenters. The van der Waals surface area contributed by atoms with Gasteiger partial charge in [-0.1, -0.05) is 30.3 Å². The van der Waals surface area contributed by atoms with Crippen molar-refractivity contribution in [1.29, 1.82) is 0 Å². The fourth-order valence-corrected chi connectivity index (χ4v) is 4.67. The lowest BCUT2D eigenvalue weighted by molar-refractivity contribution is 0.0170. The molecule has 2 N–H and O–H groups in total. The summed E-state index contributed by atoms with van der Waals surface area (Å²) in [6.45, 7) is 3.65. The van der Waals surface area contributed by atoms with Crippen molar-refractivity contribution in [2.24, 2.45) is 4.99 Å². The Bertz CT molecular complexity index is 953. The zero-order chi connectivity index (χ0) is 22.1. The van der Waals surface area contributed by atoms with Gasteiger partial charge in [-0.05, 0) is 29.8 Å². The molecule has 7 nitrogen and oxygen atoms in total. The first-order valence-electron chi connectivity index (χ1n) is 10.3. The molecule has 176 valence electrons. The summed E-state index contributed by atoms with van der Waals surface area (Å²) in [6, 6.07) is 14.9. The Morgan fingerprint density at radius 3 is 2.38 bits per heavy atom. The Kier molecular flexibility index (Phi) is 10.8. The van der Waals surface area contributed by atoms with Gasteiger partial charge in [0.05, 0.1) is 29.9 Å². The summed E-state index contributed by atoms with van der Waals surface area (Å²) < 4.78 is 43.7. The molecule has 1 aliphatic heterocycles. The first-order valence-corrected chi connectivity index (χ1v) is 11.9. The molecular weight excluding hydrogens is 546 g/mol. The average Bonchev–Trinajstić information content (AvgIpc) is 2.80. The molecule has 0 amide bonds. The number of nitrogens with one attached hydrogen (secondary N) is 2. The minimum absolute atomic E-state index is 0. The molecule has 0 aliphatic carbocycles. The number of halogens is 2. The van der Waals surface area contributed by atoms with Gasteiger partial charge in [0.1, 0.15) is 5.82 Å². The second-order valence-corrected chi connectivity index (χ2v) is 9.34. The summed E-state index contributed by atoms with van der Waals surface area (Å²) in [5, 5.41) is 6.34. The highest BCUT2D eigenvalue weighted by molar-refractivity contribution is 14.0. The smallest absolute Gasteiger partial charge is 0.191 e. The molecule has 1 unspecified atom stereocenters. The van der Waals surface area contributed by atoms with E-state index in [4.69, 9.17) is 4.74 Å². The van der Waals surface area contributed by atoms with Crippen LogP contribution in [0, 0.1) is 5.82 Å². The van der Waals surface area contributed by atoms with Gasteiger partial charge in [0.25, 0.3) is 0 Å². The fraction of sp³-hybridized carbons (Fsp3) is 0.409. The number of hydrogen-bond donors (Lipinski definition) is 2. The lowest BCUT2D eigenvalue weighted by Crippen LogP contribution is -2.46. The van der Waals surface area contributed by atoms with Crippen molar-refractivity contribution in [3.63, 3.8) is 0 Å². The van der Waals surface area contributed by atoms with Crippen LogP contribution in [-0.4, -0.2) is 71.5 Å². The summed E-state index contributed by atoms with van der Waals surface area (Å²) in [4.78, 5) is 6.80.